The maximum Gasteiger partial charge on any atom is 0.315 e. The molecule has 0 aliphatic rings. The van der Waals surface area contributed by atoms with Crippen LogP contribution in [0.3, 0.4) is 0 Å². The fourth-order valence-electron chi connectivity index (χ4n) is 5.01. The zero-order valence-corrected chi connectivity index (χ0v) is 37.6. The van der Waals surface area contributed by atoms with Gasteiger partial charge in [-0.1, -0.05) is 19.8 Å². The minimum absolute atomic E-state index is 0.887. The number of hydrogen-bond donors (Lipinski definition) is 2. The molecule has 1 unspecified atom stereocenters. The van der Waals surface area contributed by atoms with Gasteiger partial charge in [0, 0.05) is 0 Å². The van der Waals surface area contributed by atoms with Gasteiger partial charge >= 0.3 is 25.7 Å². The van der Waals surface area contributed by atoms with E-state index in [-0.39, 0.29) is 0 Å². The number of thiol groups is 2. The molecule has 0 fully saturated rings. The van der Waals surface area contributed by atoms with E-state index in [1.54, 1.807) is 0 Å². The molecular weight excluding hydrogens is 641 g/mol. The Balaban J connectivity index is 0. The predicted octanol–water partition coefficient (Wildman–Crippen LogP) is 10.1. The van der Waals surface area contributed by atoms with E-state index in [1.807, 2.05) is 0 Å². The van der Waals surface area contributed by atoms with Gasteiger partial charge in [0.25, 0.3) is 0 Å². The second-order valence-electron chi connectivity index (χ2n) is 14.9. The van der Waals surface area contributed by atoms with E-state index in [4.69, 9.17) is 20.6 Å². The highest BCUT2D eigenvalue weighted by atomic mass is 32.1. The third kappa shape index (κ3) is 26.2. The second kappa shape index (κ2) is 18.1. The van der Waals surface area contributed by atoms with Crippen LogP contribution in [0.2, 0.25) is 116 Å². The van der Waals surface area contributed by atoms with E-state index in [1.165, 1.54) is 24.9 Å². The van der Waals surface area contributed by atoms with Crippen molar-refractivity contribution in [1.29, 1.82) is 0 Å². The first-order chi connectivity index (χ1) is 17.2. The molecule has 1 atom stereocenters. The maximum atomic E-state index is 6.55. The highest BCUT2D eigenvalue weighted by molar-refractivity contribution is 7.80. The van der Waals surface area contributed by atoms with Crippen LogP contribution in [0.4, 0.5) is 0 Å². The van der Waals surface area contributed by atoms with Crippen LogP contribution in [0.25, 0.3) is 0 Å². The van der Waals surface area contributed by atoms with Gasteiger partial charge in [-0.25, -0.2) is 0 Å². The van der Waals surface area contributed by atoms with Crippen LogP contribution in [0, 0.1) is 0 Å². The number of unbranched alkanes of at least 4 members (excludes halogenated alkanes) is 1. The molecule has 0 rings (SSSR count). The Morgan fingerprint density at radius 3 is 1.15 bits per heavy atom. The molecular formula is C25H68O5S2Si7. The SMILES string of the molecule is CCCC[Si](C)(C)O[Si](C)(C)O[Si](C)(C)CCCS.C[Si](C)(C)O[Si](C)(C)O[Si](C)(CCCS)O[Si](C)(C)C. The minimum Gasteiger partial charge on any atom is -0.437 e. The molecule has 0 radical (unpaired) electrons. The van der Waals surface area contributed by atoms with Gasteiger partial charge in [0.15, 0.2) is 33.3 Å². The predicted molar refractivity (Wildman–Crippen MR) is 200 cm³/mol. The first-order valence-corrected chi connectivity index (χ1v) is 37.4. The standard InChI is InChI=1S/C13H34O2SSi3.C12H34O3SSi4/c1-8-9-12-17(2,3)14-19(6,7)15-18(4,5)13-10-11-16;1-17(2,3)13-19(7,8)15-20(9,12-10-11-16)14-18(4,5)6/h16H,8-13H2,1-7H3;16H,10-12H2,1-9H3. The lowest BCUT2D eigenvalue weighted by Gasteiger charge is -2.41. The molecule has 0 aliphatic carbocycles. The quantitative estimate of drug-likeness (QED) is 0.103. The lowest BCUT2D eigenvalue weighted by Crippen LogP contribution is -2.56. The van der Waals surface area contributed by atoms with Gasteiger partial charge in [0.2, 0.25) is 0 Å². The van der Waals surface area contributed by atoms with Crippen LogP contribution in [-0.4, -0.2) is 70.5 Å². The largest absolute Gasteiger partial charge is 0.437 e. The monoisotopic (exact) mass is 708 g/mol. The van der Waals surface area contributed by atoms with E-state index in [2.05, 4.69) is 130 Å². The van der Waals surface area contributed by atoms with Crippen molar-refractivity contribution < 1.29 is 20.6 Å². The number of hydrogen-bond acceptors (Lipinski definition) is 7. The number of rotatable bonds is 19. The van der Waals surface area contributed by atoms with E-state index in [0.29, 0.717) is 0 Å². The van der Waals surface area contributed by atoms with Crippen molar-refractivity contribution in [2.45, 2.75) is 149 Å². The van der Waals surface area contributed by atoms with Gasteiger partial charge in [-0.2, -0.15) is 25.3 Å². The third-order valence-electron chi connectivity index (χ3n) is 5.44. The maximum absolute atomic E-state index is 6.55. The molecule has 0 saturated heterocycles. The van der Waals surface area contributed by atoms with Crippen LogP contribution in [0.5, 0.6) is 0 Å². The summed E-state index contributed by atoms with van der Waals surface area (Å²) < 4.78 is 32.4. The highest BCUT2D eigenvalue weighted by Crippen LogP contribution is 2.28. The summed E-state index contributed by atoms with van der Waals surface area (Å²) in [4.78, 5) is 0. The van der Waals surface area contributed by atoms with Gasteiger partial charge in [-0.05, 0) is 141 Å². The first-order valence-electron chi connectivity index (χ1n) is 14.9. The van der Waals surface area contributed by atoms with Gasteiger partial charge in [-0.15, -0.1) is 0 Å². The Kier molecular flexibility index (Phi) is 20.0. The van der Waals surface area contributed by atoms with Gasteiger partial charge < -0.3 is 20.6 Å². The molecule has 0 aliphatic heterocycles. The van der Waals surface area contributed by atoms with Crippen molar-refractivity contribution in [3.8, 4) is 0 Å². The summed E-state index contributed by atoms with van der Waals surface area (Å²) in [6.45, 7) is 35.9. The molecule has 0 N–H and O–H groups in total. The first kappa shape index (κ1) is 43.1. The summed E-state index contributed by atoms with van der Waals surface area (Å²) in [6, 6.07) is 3.45. The Morgan fingerprint density at radius 1 is 0.436 bits per heavy atom. The second-order valence-corrected chi connectivity index (χ2v) is 44.8. The van der Waals surface area contributed by atoms with Crippen molar-refractivity contribution in [3.63, 3.8) is 0 Å². The fraction of sp³-hybridized carbons (Fsp3) is 1.00. The summed E-state index contributed by atoms with van der Waals surface area (Å²) in [7, 11) is -12.6. The molecule has 0 saturated carbocycles. The van der Waals surface area contributed by atoms with E-state index in [0.717, 1.165) is 30.4 Å². The van der Waals surface area contributed by atoms with Crippen molar-refractivity contribution in [3.05, 3.63) is 0 Å². The zero-order chi connectivity index (χ0) is 31.4. The molecule has 238 valence electrons. The molecule has 39 heavy (non-hydrogen) atoms. The van der Waals surface area contributed by atoms with Crippen LogP contribution in [0.1, 0.15) is 32.6 Å². The lowest BCUT2D eigenvalue weighted by atomic mass is 10.4. The highest BCUT2D eigenvalue weighted by Gasteiger charge is 2.44. The van der Waals surface area contributed by atoms with Gasteiger partial charge in [0.1, 0.15) is 0 Å². The van der Waals surface area contributed by atoms with Crippen molar-refractivity contribution in [1.82, 2.24) is 0 Å². The molecule has 0 aromatic rings. The van der Waals surface area contributed by atoms with Crippen LogP contribution in [-0.2, 0) is 20.6 Å². The Labute approximate surface area is 263 Å². The summed E-state index contributed by atoms with van der Waals surface area (Å²) >= 11 is 8.64. The molecule has 0 aromatic carbocycles. The van der Waals surface area contributed by atoms with Crippen LogP contribution >= 0.6 is 25.3 Å². The van der Waals surface area contributed by atoms with Crippen molar-refractivity contribution in [2.75, 3.05) is 11.5 Å². The summed E-state index contributed by atoms with van der Waals surface area (Å²) in [5, 5.41) is 0. The molecule has 0 aromatic heterocycles. The molecule has 0 spiro atoms. The van der Waals surface area contributed by atoms with Crippen molar-refractivity contribution in [2.24, 2.45) is 0 Å². The lowest BCUT2D eigenvalue weighted by molar-refractivity contribution is 0.323. The molecule has 0 heterocycles. The Hall–Kier alpha value is 2.02. The van der Waals surface area contributed by atoms with E-state index < -0.39 is 59.0 Å². The third-order valence-corrected chi connectivity index (χ3v) is 31.1. The Bertz CT molecular complexity index is 648. The smallest absolute Gasteiger partial charge is 0.315 e. The van der Waals surface area contributed by atoms with Gasteiger partial charge in [0.05, 0.1) is 0 Å². The average Bonchev–Trinajstić information content (AvgIpc) is 2.64. The summed E-state index contributed by atoms with van der Waals surface area (Å²) in [5.74, 6) is 1.84. The Morgan fingerprint density at radius 2 is 0.795 bits per heavy atom. The summed E-state index contributed by atoms with van der Waals surface area (Å²) in [6.07, 6.45) is 4.74. The van der Waals surface area contributed by atoms with E-state index in [9.17, 15) is 0 Å². The minimum atomic E-state index is -2.17. The fourth-order valence-corrected chi connectivity index (χ4v) is 38.1. The average molecular weight is 710 g/mol. The topological polar surface area (TPSA) is 46.2 Å². The normalized spacial score (nSPS) is 15.5. The molecule has 5 nitrogen and oxygen atoms in total. The van der Waals surface area contributed by atoms with Gasteiger partial charge in [-0.3, -0.25) is 0 Å². The molecule has 14 heteroatoms. The summed E-state index contributed by atoms with van der Waals surface area (Å²) in [5.41, 5.74) is 0. The van der Waals surface area contributed by atoms with Crippen LogP contribution in [0.15, 0.2) is 0 Å². The molecule has 0 bridgehead atoms. The molecule has 0 amide bonds. The van der Waals surface area contributed by atoms with Crippen LogP contribution < -0.4 is 0 Å². The van der Waals surface area contributed by atoms with E-state index >= 15 is 0 Å². The van der Waals surface area contributed by atoms with Crippen molar-refractivity contribution >= 4 is 84.2 Å². The zero-order valence-electron chi connectivity index (χ0n) is 28.8.